The van der Waals surface area contributed by atoms with Crippen LogP contribution in [-0.4, -0.2) is 47.2 Å². The number of carbonyl (C=O) groups is 2. The van der Waals surface area contributed by atoms with Gasteiger partial charge in [0.1, 0.15) is 17.1 Å². The summed E-state index contributed by atoms with van der Waals surface area (Å²) < 4.78 is 10.4. The lowest BCUT2D eigenvalue weighted by molar-refractivity contribution is -0.141. The van der Waals surface area contributed by atoms with Gasteiger partial charge in [0.2, 0.25) is 0 Å². The molecule has 1 amide bonds. The minimum atomic E-state index is -0.926. The predicted molar refractivity (Wildman–Crippen MR) is 88.7 cm³/mol. The molecule has 2 atom stereocenters. The molecule has 1 aliphatic heterocycles. The van der Waals surface area contributed by atoms with Crippen LogP contribution >= 0.6 is 0 Å². The summed E-state index contributed by atoms with van der Waals surface area (Å²) in [5.41, 5.74) is 1.71. The third-order valence-electron chi connectivity index (χ3n) is 4.71. The number of hydrogen-bond acceptors (Lipinski definition) is 5. The van der Waals surface area contributed by atoms with Crippen molar-refractivity contribution in [1.29, 1.82) is 0 Å². The Labute approximate surface area is 145 Å². The number of aryl methyl sites for hydroxylation is 2. The van der Waals surface area contributed by atoms with E-state index in [1.165, 1.54) is 0 Å². The zero-order valence-corrected chi connectivity index (χ0v) is 14.4. The standard InChI is InChI=1S/C18H20N2O5/c1-10-16(11(2)25-19-10)17(21)20-8-13(14(9-20)18(22)23)12-6-4-5-7-15(12)24-3/h4-7,13-14H,8-9H2,1-3H3,(H,22,23)/t13-,14+/m0/s1. The molecule has 0 radical (unpaired) electrons. The van der Waals surface area contributed by atoms with E-state index in [1.54, 1.807) is 31.9 Å². The number of aromatic nitrogens is 1. The Morgan fingerprint density at radius 3 is 2.60 bits per heavy atom. The second kappa shape index (κ2) is 6.58. The zero-order chi connectivity index (χ0) is 18.1. The van der Waals surface area contributed by atoms with Crippen LogP contribution in [0.2, 0.25) is 0 Å². The fraction of sp³-hybridized carbons (Fsp3) is 0.389. The Balaban J connectivity index is 1.93. The average Bonchev–Trinajstić information content (AvgIpc) is 3.18. The van der Waals surface area contributed by atoms with Gasteiger partial charge in [-0.25, -0.2) is 0 Å². The van der Waals surface area contributed by atoms with Crippen LogP contribution in [0, 0.1) is 19.8 Å². The van der Waals surface area contributed by atoms with Crippen molar-refractivity contribution in [2.24, 2.45) is 5.92 Å². The van der Waals surface area contributed by atoms with Crippen molar-refractivity contribution < 1.29 is 24.0 Å². The van der Waals surface area contributed by atoms with Crippen LogP contribution in [0.4, 0.5) is 0 Å². The summed E-state index contributed by atoms with van der Waals surface area (Å²) in [4.78, 5) is 26.2. The lowest BCUT2D eigenvalue weighted by Crippen LogP contribution is -2.30. The summed E-state index contributed by atoms with van der Waals surface area (Å²) in [6, 6.07) is 7.33. The predicted octanol–water partition coefficient (Wildman–Crippen LogP) is 2.24. The van der Waals surface area contributed by atoms with Crippen LogP contribution < -0.4 is 4.74 Å². The molecule has 0 aliphatic carbocycles. The molecule has 25 heavy (non-hydrogen) atoms. The Kier molecular flexibility index (Phi) is 4.48. The number of amides is 1. The van der Waals surface area contributed by atoms with Crippen molar-refractivity contribution in [3.05, 3.63) is 46.8 Å². The van der Waals surface area contributed by atoms with Gasteiger partial charge in [0.05, 0.1) is 18.7 Å². The van der Waals surface area contributed by atoms with Gasteiger partial charge in [-0.2, -0.15) is 0 Å². The molecule has 2 heterocycles. The van der Waals surface area contributed by atoms with E-state index in [4.69, 9.17) is 9.26 Å². The maximum atomic E-state index is 12.9. The molecule has 2 aromatic rings. The van der Waals surface area contributed by atoms with Crippen LogP contribution in [-0.2, 0) is 4.79 Å². The average molecular weight is 344 g/mol. The molecular formula is C18H20N2O5. The van der Waals surface area contributed by atoms with E-state index in [9.17, 15) is 14.7 Å². The van der Waals surface area contributed by atoms with Gasteiger partial charge in [-0.3, -0.25) is 9.59 Å². The van der Waals surface area contributed by atoms with Crippen LogP contribution in [0.15, 0.2) is 28.8 Å². The third kappa shape index (κ3) is 2.97. The molecule has 1 aromatic heterocycles. The van der Waals surface area contributed by atoms with Gasteiger partial charge in [0, 0.05) is 19.0 Å². The molecule has 132 valence electrons. The Morgan fingerprint density at radius 2 is 2.00 bits per heavy atom. The second-order valence-corrected chi connectivity index (χ2v) is 6.20. The maximum Gasteiger partial charge on any atom is 0.308 e. The van der Waals surface area contributed by atoms with Crippen LogP contribution in [0.1, 0.15) is 33.3 Å². The van der Waals surface area contributed by atoms with Crippen molar-refractivity contribution in [2.75, 3.05) is 20.2 Å². The van der Waals surface area contributed by atoms with Gasteiger partial charge < -0.3 is 19.3 Å². The highest BCUT2D eigenvalue weighted by Crippen LogP contribution is 2.38. The van der Waals surface area contributed by atoms with E-state index < -0.39 is 11.9 Å². The first kappa shape index (κ1) is 17.0. The summed E-state index contributed by atoms with van der Waals surface area (Å²) in [6.45, 7) is 3.82. The first-order valence-corrected chi connectivity index (χ1v) is 8.02. The van der Waals surface area contributed by atoms with E-state index in [2.05, 4.69) is 5.16 Å². The molecule has 7 nitrogen and oxygen atoms in total. The van der Waals surface area contributed by atoms with E-state index in [0.29, 0.717) is 29.3 Å². The number of hydrogen-bond donors (Lipinski definition) is 1. The first-order chi connectivity index (χ1) is 11.9. The SMILES string of the molecule is COc1ccccc1[C@@H]1CN(C(=O)c2c(C)noc2C)C[C@H]1C(=O)O. The van der Waals surface area contributed by atoms with E-state index in [0.717, 1.165) is 5.56 Å². The Morgan fingerprint density at radius 1 is 1.28 bits per heavy atom. The zero-order valence-electron chi connectivity index (χ0n) is 14.4. The topological polar surface area (TPSA) is 92.9 Å². The summed E-state index contributed by atoms with van der Waals surface area (Å²) >= 11 is 0. The smallest absolute Gasteiger partial charge is 0.308 e. The molecule has 0 bridgehead atoms. The largest absolute Gasteiger partial charge is 0.496 e. The molecule has 0 unspecified atom stereocenters. The number of para-hydroxylation sites is 1. The minimum absolute atomic E-state index is 0.140. The lowest BCUT2D eigenvalue weighted by Gasteiger charge is -2.18. The molecule has 0 saturated carbocycles. The van der Waals surface area contributed by atoms with Gasteiger partial charge >= 0.3 is 5.97 Å². The quantitative estimate of drug-likeness (QED) is 0.914. The molecule has 1 N–H and O–H groups in total. The van der Waals surface area contributed by atoms with E-state index >= 15 is 0 Å². The monoisotopic (exact) mass is 344 g/mol. The van der Waals surface area contributed by atoms with Crippen molar-refractivity contribution in [3.8, 4) is 5.75 Å². The molecular weight excluding hydrogens is 324 g/mol. The first-order valence-electron chi connectivity index (χ1n) is 8.02. The Bertz CT molecular complexity index is 794. The summed E-state index contributed by atoms with van der Waals surface area (Å²) in [7, 11) is 1.55. The number of rotatable bonds is 4. The number of aliphatic carboxylic acids is 1. The van der Waals surface area contributed by atoms with Gasteiger partial charge in [-0.05, 0) is 25.5 Å². The minimum Gasteiger partial charge on any atom is -0.496 e. The second-order valence-electron chi connectivity index (χ2n) is 6.20. The molecule has 1 aliphatic rings. The van der Waals surface area contributed by atoms with Gasteiger partial charge in [-0.1, -0.05) is 23.4 Å². The molecule has 7 heteroatoms. The van der Waals surface area contributed by atoms with Gasteiger partial charge in [-0.15, -0.1) is 0 Å². The third-order valence-corrected chi connectivity index (χ3v) is 4.71. The fourth-order valence-electron chi connectivity index (χ4n) is 3.45. The fourth-order valence-corrected chi connectivity index (χ4v) is 3.45. The number of likely N-dealkylation sites (tertiary alicyclic amines) is 1. The summed E-state index contributed by atoms with van der Waals surface area (Å²) in [5.74, 6) is -1.14. The molecule has 1 fully saturated rings. The van der Waals surface area contributed by atoms with E-state index in [1.807, 2.05) is 18.2 Å². The molecule has 3 rings (SSSR count). The van der Waals surface area contributed by atoms with Crippen molar-refractivity contribution >= 4 is 11.9 Å². The molecule has 0 spiro atoms. The number of ether oxygens (including phenoxy) is 1. The molecule has 1 aromatic carbocycles. The van der Waals surface area contributed by atoms with Crippen molar-refractivity contribution in [3.63, 3.8) is 0 Å². The number of methoxy groups -OCH3 is 1. The lowest BCUT2D eigenvalue weighted by atomic mass is 9.88. The highest BCUT2D eigenvalue weighted by atomic mass is 16.5. The summed E-state index contributed by atoms with van der Waals surface area (Å²) in [5, 5.41) is 13.4. The number of nitrogens with zero attached hydrogens (tertiary/aromatic N) is 2. The van der Waals surface area contributed by atoms with Crippen LogP contribution in [0.25, 0.3) is 0 Å². The van der Waals surface area contributed by atoms with E-state index in [-0.39, 0.29) is 18.4 Å². The number of carboxylic acids is 1. The maximum absolute atomic E-state index is 12.9. The Hall–Kier alpha value is -2.83. The number of carboxylic acid groups (broad SMARTS) is 1. The highest BCUT2D eigenvalue weighted by molar-refractivity contribution is 5.96. The van der Waals surface area contributed by atoms with Gasteiger partial charge in [0.25, 0.3) is 5.91 Å². The van der Waals surface area contributed by atoms with Crippen molar-refractivity contribution in [2.45, 2.75) is 19.8 Å². The normalized spacial score (nSPS) is 19.9. The number of benzene rings is 1. The number of carbonyl (C=O) groups excluding carboxylic acids is 1. The van der Waals surface area contributed by atoms with Crippen molar-refractivity contribution in [1.82, 2.24) is 10.1 Å². The van der Waals surface area contributed by atoms with Crippen LogP contribution in [0.3, 0.4) is 0 Å². The molecule has 1 saturated heterocycles. The van der Waals surface area contributed by atoms with Crippen LogP contribution in [0.5, 0.6) is 5.75 Å². The van der Waals surface area contributed by atoms with Gasteiger partial charge in [0.15, 0.2) is 0 Å². The summed E-state index contributed by atoms with van der Waals surface area (Å²) in [6.07, 6.45) is 0. The highest BCUT2D eigenvalue weighted by Gasteiger charge is 2.42.